The van der Waals surface area contributed by atoms with Crippen molar-refractivity contribution in [1.29, 1.82) is 0 Å². The number of para-hydroxylation sites is 1. The molecule has 1 aromatic carbocycles. The first-order chi connectivity index (χ1) is 17.7. The molecule has 0 saturated carbocycles. The number of rotatable bonds is 7. The third-order valence-corrected chi connectivity index (χ3v) is 6.62. The van der Waals surface area contributed by atoms with Crippen LogP contribution in [0.2, 0.25) is 0 Å². The number of aliphatic hydroxyl groups is 1. The molecule has 0 amide bonds. The lowest BCUT2D eigenvalue weighted by molar-refractivity contribution is 0.145. The van der Waals surface area contributed by atoms with Crippen LogP contribution in [0.4, 0.5) is 5.69 Å². The van der Waals surface area contributed by atoms with Crippen LogP contribution in [0, 0.1) is 0 Å². The summed E-state index contributed by atoms with van der Waals surface area (Å²) >= 11 is 0. The molecule has 1 N–H and O–H groups in total. The van der Waals surface area contributed by atoms with Crippen molar-refractivity contribution >= 4 is 22.2 Å². The molecule has 5 heterocycles. The lowest BCUT2D eigenvalue weighted by Crippen LogP contribution is -2.35. The molecule has 1 aliphatic rings. The second-order valence-corrected chi connectivity index (χ2v) is 8.89. The van der Waals surface area contributed by atoms with E-state index in [-0.39, 0.29) is 6.10 Å². The predicted octanol–water partition coefficient (Wildman–Crippen LogP) is 4.19. The molecule has 184 valence electrons. The van der Waals surface area contributed by atoms with Gasteiger partial charge in [0.1, 0.15) is 18.0 Å². The highest BCUT2D eigenvalue weighted by atomic mass is 16.5. The smallest absolute Gasteiger partial charge is 0.181 e. The standard InChI is InChI=1S/C27H27N5O4/c1-34-11-12-35-19-7-10-32-24(15-29-26(32)13-19)22-14-21(25-16-28-17-36-25)20-3-2-4-23(27(20)30-22)31-8-5-18(33)6-9-31/h2-4,7,10,13-18,33H,5-6,8-9,11-12H2,1H3. The lowest BCUT2D eigenvalue weighted by Gasteiger charge is -2.32. The number of aliphatic hydroxyl groups excluding tert-OH is 1. The van der Waals surface area contributed by atoms with Crippen LogP contribution in [0.3, 0.4) is 0 Å². The van der Waals surface area contributed by atoms with E-state index in [0.717, 1.165) is 70.9 Å². The molecule has 5 aromatic rings. The minimum Gasteiger partial charge on any atom is -0.491 e. The summed E-state index contributed by atoms with van der Waals surface area (Å²) < 4.78 is 18.5. The van der Waals surface area contributed by atoms with Crippen molar-refractivity contribution in [2.45, 2.75) is 18.9 Å². The summed E-state index contributed by atoms with van der Waals surface area (Å²) in [6.07, 6.45) is 8.17. The molecular weight excluding hydrogens is 458 g/mol. The van der Waals surface area contributed by atoms with Crippen molar-refractivity contribution in [3.05, 3.63) is 61.4 Å². The molecule has 0 radical (unpaired) electrons. The number of methoxy groups -OCH3 is 1. The molecule has 1 saturated heterocycles. The Hall–Kier alpha value is -3.95. The van der Waals surface area contributed by atoms with Crippen LogP contribution in [0.25, 0.3) is 39.3 Å². The van der Waals surface area contributed by atoms with Crippen molar-refractivity contribution in [3.8, 4) is 28.5 Å². The van der Waals surface area contributed by atoms with Gasteiger partial charge < -0.3 is 23.9 Å². The average Bonchev–Trinajstić information content (AvgIpc) is 3.59. The summed E-state index contributed by atoms with van der Waals surface area (Å²) in [7, 11) is 1.65. The first-order valence-corrected chi connectivity index (χ1v) is 12.1. The summed E-state index contributed by atoms with van der Waals surface area (Å²) in [5.41, 5.74) is 5.25. The number of anilines is 1. The fourth-order valence-electron chi connectivity index (χ4n) is 4.76. The molecule has 9 nitrogen and oxygen atoms in total. The molecule has 0 atom stereocenters. The van der Waals surface area contributed by atoms with E-state index in [9.17, 15) is 5.11 Å². The number of piperidine rings is 1. The maximum absolute atomic E-state index is 10.0. The largest absolute Gasteiger partial charge is 0.491 e. The quantitative estimate of drug-likeness (QED) is 0.343. The van der Waals surface area contributed by atoms with Gasteiger partial charge in [-0.2, -0.15) is 0 Å². The first-order valence-electron chi connectivity index (χ1n) is 12.1. The SMILES string of the molecule is COCCOc1ccn2c(-c3cc(-c4cnco4)c4cccc(N5CCC(O)CC5)c4n3)cnc2c1. The van der Waals surface area contributed by atoms with Crippen LogP contribution in [0.1, 0.15) is 12.8 Å². The van der Waals surface area contributed by atoms with Crippen molar-refractivity contribution in [2.75, 3.05) is 38.3 Å². The summed E-state index contributed by atoms with van der Waals surface area (Å²) in [6, 6.07) is 12.0. The van der Waals surface area contributed by atoms with Crippen LogP contribution in [0.15, 0.2) is 65.8 Å². The van der Waals surface area contributed by atoms with Gasteiger partial charge in [-0.1, -0.05) is 12.1 Å². The Kier molecular flexibility index (Phi) is 6.00. The molecule has 9 heteroatoms. The van der Waals surface area contributed by atoms with E-state index in [1.54, 1.807) is 13.3 Å². The number of pyridine rings is 2. The van der Waals surface area contributed by atoms with Gasteiger partial charge >= 0.3 is 0 Å². The van der Waals surface area contributed by atoms with Gasteiger partial charge in [-0.15, -0.1) is 0 Å². The van der Waals surface area contributed by atoms with Crippen LogP contribution in [-0.2, 0) is 4.74 Å². The van der Waals surface area contributed by atoms with E-state index in [1.165, 1.54) is 6.39 Å². The fraction of sp³-hybridized carbons (Fsp3) is 0.296. The monoisotopic (exact) mass is 485 g/mol. The number of fused-ring (bicyclic) bond motifs is 2. The van der Waals surface area contributed by atoms with Gasteiger partial charge in [0.05, 0.1) is 47.7 Å². The Balaban J connectivity index is 1.48. The van der Waals surface area contributed by atoms with Crippen molar-refractivity contribution in [2.24, 2.45) is 0 Å². The minimum atomic E-state index is -0.244. The minimum absolute atomic E-state index is 0.244. The van der Waals surface area contributed by atoms with Gasteiger partial charge in [0, 0.05) is 43.4 Å². The van der Waals surface area contributed by atoms with E-state index < -0.39 is 0 Å². The number of imidazole rings is 1. The topological polar surface area (TPSA) is 98.2 Å². The van der Waals surface area contributed by atoms with E-state index in [1.807, 2.05) is 41.1 Å². The van der Waals surface area contributed by atoms with Gasteiger partial charge in [-0.3, -0.25) is 4.40 Å². The van der Waals surface area contributed by atoms with Crippen LogP contribution in [0.5, 0.6) is 5.75 Å². The normalized spacial score (nSPS) is 14.7. The third kappa shape index (κ3) is 4.16. The van der Waals surface area contributed by atoms with Gasteiger partial charge in [0.2, 0.25) is 0 Å². The van der Waals surface area contributed by atoms with Crippen LogP contribution >= 0.6 is 0 Å². The summed E-state index contributed by atoms with van der Waals surface area (Å²) in [4.78, 5) is 16.2. The number of oxazole rings is 1. The van der Waals surface area contributed by atoms with Gasteiger partial charge in [0.15, 0.2) is 12.2 Å². The number of nitrogens with zero attached hydrogens (tertiary/aromatic N) is 5. The number of benzene rings is 1. The number of aromatic nitrogens is 4. The first kappa shape index (κ1) is 22.5. The summed E-state index contributed by atoms with van der Waals surface area (Å²) in [5.74, 6) is 1.41. The molecule has 0 spiro atoms. The highest BCUT2D eigenvalue weighted by Crippen LogP contribution is 2.37. The Morgan fingerprint density at radius 1 is 1.11 bits per heavy atom. The Labute approximate surface area is 207 Å². The van der Waals surface area contributed by atoms with E-state index in [4.69, 9.17) is 18.9 Å². The second kappa shape index (κ2) is 9.60. The molecule has 0 aliphatic carbocycles. The van der Waals surface area contributed by atoms with Crippen LogP contribution in [-0.4, -0.2) is 64.0 Å². The molecule has 1 aliphatic heterocycles. The predicted molar refractivity (Wildman–Crippen MR) is 136 cm³/mol. The zero-order valence-corrected chi connectivity index (χ0v) is 20.0. The van der Waals surface area contributed by atoms with Crippen molar-refractivity contribution in [3.63, 3.8) is 0 Å². The molecular formula is C27H27N5O4. The van der Waals surface area contributed by atoms with E-state index >= 15 is 0 Å². The fourth-order valence-corrected chi connectivity index (χ4v) is 4.76. The second-order valence-electron chi connectivity index (χ2n) is 8.89. The highest BCUT2D eigenvalue weighted by molar-refractivity contribution is 6.01. The van der Waals surface area contributed by atoms with E-state index in [0.29, 0.717) is 19.0 Å². The average molecular weight is 486 g/mol. The number of hydrogen-bond donors (Lipinski definition) is 1. The van der Waals surface area contributed by atoms with Crippen LogP contribution < -0.4 is 9.64 Å². The molecule has 4 aromatic heterocycles. The summed E-state index contributed by atoms with van der Waals surface area (Å²) in [5, 5.41) is 11.0. The molecule has 0 unspecified atom stereocenters. The Bertz CT molecular complexity index is 1490. The van der Waals surface area contributed by atoms with Gasteiger partial charge in [-0.05, 0) is 31.0 Å². The zero-order chi connectivity index (χ0) is 24.5. The third-order valence-electron chi connectivity index (χ3n) is 6.62. The van der Waals surface area contributed by atoms with E-state index in [2.05, 4.69) is 27.0 Å². The van der Waals surface area contributed by atoms with Crippen molar-refractivity contribution < 1.29 is 19.0 Å². The number of hydrogen-bond acceptors (Lipinski definition) is 8. The Morgan fingerprint density at radius 3 is 2.81 bits per heavy atom. The highest BCUT2D eigenvalue weighted by Gasteiger charge is 2.22. The lowest BCUT2D eigenvalue weighted by atomic mass is 10.0. The summed E-state index contributed by atoms with van der Waals surface area (Å²) in [6.45, 7) is 2.56. The molecule has 0 bridgehead atoms. The molecule has 6 rings (SSSR count). The Morgan fingerprint density at radius 2 is 2.00 bits per heavy atom. The van der Waals surface area contributed by atoms with Gasteiger partial charge in [0.25, 0.3) is 0 Å². The maximum Gasteiger partial charge on any atom is 0.181 e. The maximum atomic E-state index is 10.0. The molecule has 36 heavy (non-hydrogen) atoms. The van der Waals surface area contributed by atoms with Gasteiger partial charge in [-0.25, -0.2) is 15.0 Å². The van der Waals surface area contributed by atoms with Crippen molar-refractivity contribution in [1.82, 2.24) is 19.4 Å². The zero-order valence-electron chi connectivity index (χ0n) is 20.0. The molecule has 1 fully saturated rings. The number of ether oxygens (including phenoxy) is 2.